The highest BCUT2D eigenvalue weighted by molar-refractivity contribution is 5.92. The number of hydrogen-bond donors (Lipinski definition) is 2. The Hall–Kier alpha value is -2.28. The second kappa shape index (κ2) is 12.1. The molecule has 0 atom stereocenters. The summed E-state index contributed by atoms with van der Waals surface area (Å²) in [5.74, 6) is 1.32. The molecule has 0 saturated carbocycles. The summed E-state index contributed by atoms with van der Waals surface area (Å²) in [4.78, 5) is 16.0. The van der Waals surface area contributed by atoms with Crippen LogP contribution in [0.1, 0.15) is 36.2 Å². The Morgan fingerprint density at radius 2 is 2.00 bits per heavy atom. The van der Waals surface area contributed by atoms with Crippen LogP contribution in [-0.4, -0.2) is 53.0 Å². The van der Waals surface area contributed by atoms with Gasteiger partial charge < -0.3 is 24.8 Å². The van der Waals surface area contributed by atoms with Crippen molar-refractivity contribution in [2.45, 2.75) is 26.8 Å². The van der Waals surface area contributed by atoms with Gasteiger partial charge in [-0.05, 0) is 30.0 Å². The highest BCUT2D eigenvalue weighted by Gasteiger charge is 2.13. The summed E-state index contributed by atoms with van der Waals surface area (Å²) >= 11 is 0. The predicted octanol–water partition coefficient (Wildman–Crippen LogP) is 2.21. The number of carbonyl (C=O) groups excluding carboxylic acids is 1. The Labute approximate surface area is 156 Å². The van der Waals surface area contributed by atoms with Gasteiger partial charge in [0.1, 0.15) is 11.3 Å². The van der Waals surface area contributed by atoms with Crippen molar-refractivity contribution < 1.29 is 19.0 Å². The van der Waals surface area contributed by atoms with E-state index in [0.29, 0.717) is 29.7 Å². The molecule has 1 rings (SSSR count). The zero-order valence-electron chi connectivity index (χ0n) is 16.4. The quantitative estimate of drug-likeness (QED) is 0.286. The summed E-state index contributed by atoms with van der Waals surface area (Å²) in [6.07, 6.45) is 0.905. The Kier molecular flexibility index (Phi) is 10.2. The molecule has 0 unspecified atom stereocenters. The van der Waals surface area contributed by atoms with Crippen LogP contribution in [-0.2, 0) is 16.0 Å². The van der Waals surface area contributed by atoms with Gasteiger partial charge in [-0.2, -0.15) is 0 Å². The maximum atomic E-state index is 11.8. The fraction of sp³-hybridized carbons (Fsp3) is 0.579. The van der Waals surface area contributed by atoms with Crippen molar-refractivity contribution in [1.29, 1.82) is 0 Å². The Morgan fingerprint density at radius 1 is 1.23 bits per heavy atom. The van der Waals surface area contributed by atoms with Crippen LogP contribution >= 0.6 is 0 Å². The summed E-state index contributed by atoms with van der Waals surface area (Å²) in [6, 6.07) is 5.40. The van der Waals surface area contributed by atoms with Crippen molar-refractivity contribution in [3.8, 4) is 5.75 Å². The number of esters is 1. The first-order valence-electron chi connectivity index (χ1n) is 8.79. The highest BCUT2D eigenvalue weighted by atomic mass is 16.5. The van der Waals surface area contributed by atoms with E-state index in [4.69, 9.17) is 14.2 Å². The van der Waals surface area contributed by atoms with Gasteiger partial charge in [-0.15, -0.1) is 0 Å². The second-order valence-electron chi connectivity index (χ2n) is 6.20. The fourth-order valence-electron chi connectivity index (χ4n) is 2.24. The lowest BCUT2D eigenvalue weighted by atomic mass is 10.1. The number of aliphatic imine (C=N–C) groups is 1. The lowest BCUT2D eigenvalue weighted by Crippen LogP contribution is -2.37. The van der Waals surface area contributed by atoms with Crippen LogP contribution in [0.15, 0.2) is 23.2 Å². The Bertz CT molecular complexity index is 588. The lowest BCUT2D eigenvalue weighted by Gasteiger charge is -2.13. The van der Waals surface area contributed by atoms with Gasteiger partial charge in [-0.25, -0.2) is 4.79 Å². The highest BCUT2D eigenvalue weighted by Crippen LogP contribution is 2.20. The van der Waals surface area contributed by atoms with Crippen molar-refractivity contribution in [3.63, 3.8) is 0 Å². The molecular formula is C19H31N3O4. The summed E-state index contributed by atoms with van der Waals surface area (Å²) < 4.78 is 15.5. The zero-order valence-corrected chi connectivity index (χ0v) is 16.4. The molecule has 0 aromatic heterocycles. The van der Waals surface area contributed by atoms with Crippen molar-refractivity contribution in [2.75, 3.05) is 41.0 Å². The number of carbonyl (C=O) groups is 1. The molecule has 1 aromatic rings. The predicted molar refractivity (Wildman–Crippen MR) is 103 cm³/mol. The minimum Gasteiger partial charge on any atom is -0.496 e. The molecule has 26 heavy (non-hydrogen) atoms. The van der Waals surface area contributed by atoms with E-state index in [0.717, 1.165) is 31.7 Å². The van der Waals surface area contributed by atoms with Gasteiger partial charge >= 0.3 is 5.97 Å². The maximum absolute atomic E-state index is 11.8. The number of ether oxygens (including phenoxy) is 3. The first kappa shape index (κ1) is 21.8. The molecule has 0 amide bonds. The Balaban J connectivity index is 2.47. The van der Waals surface area contributed by atoms with Crippen LogP contribution in [0.2, 0.25) is 0 Å². The van der Waals surface area contributed by atoms with Gasteiger partial charge in [-0.3, -0.25) is 4.99 Å². The molecule has 7 nitrogen and oxygen atoms in total. The summed E-state index contributed by atoms with van der Waals surface area (Å²) in [6.45, 7) is 7.07. The van der Waals surface area contributed by atoms with Crippen LogP contribution in [0, 0.1) is 5.92 Å². The number of benzene rings is 1. The minimum absolute atomic E-state index is 0.402. The fourth-order valence-corrected chi connectivity index (χ4v) is 2.24. The van der Waals surface area contributed by atoms with Gasteiger partial charge in [0.25, 0.3) is 0 Å². The van der Waals surface area contributed by atoms with Gasteiger partial charge in [0, 0.05) is 33.4 Å². The van der Waals surface area contributed by atoms with Gasteiger partial charge in [0.2, 0.25) is 0 Å². The molecule has 0 bridgehead atoms. The van der Waals surface area contributed by atoms with Crippen LogP contribution in [0.25, 0.3) is 0 Å². The molecule has 7 heteroatoms. The second-order valence-corrected chi connectivity index (χ2v) is 6.20. The van der Waals surface area contributed by atoms with Crippen molar-refractivity contribution in [2.24, 2.45) is 10.9 Å². The molecule has 0 aliphatic rings. The smallest absolute Gasteiger partial charge is 0.341 e. The van der Waals surface area contributed by atoms with E-state index < -0.39 is 5.97 Å². The van der Waals surface area contributed by atoms with E-state index in [9.17, 15) is 4.79 Å². The largest absolute Gasteiger partial charge is 0.496 e. The molecule has 0 aliphatic heterocycles. The van der Waals surface area contributed by atoms with Crippen LogP contribution < -0.4 is 15.4 Å². The van der Waals surface area contributed by atoms with Gasteiger partial charge in [0.15, 0.2) is 5.96 Å². The molecule has 146 valence electrons. The molecule has 0 heterocycles. The SMILES string of the molecule is CN=C(NCCCOCC(C)C)NCc1ccc(OC)c(C(=O)OC)c1. The van der Waals surface area contributed by atoms with E-state index >= 15 is 0 Å². The van der Waals surface area contributed by atoms with E-state index in [1.54, 1.807) is 19.2 Å². The topological polar surface area (TPSA) is 81.2 Å². The van der Waals surface area contributed by atoms with Crippen LogP contribution in [0.4, 0.5) is 0 Å². The molecule has 2 N–H and O–H groups in total. The zero-order chi connectivity index (χ0) is 19.4. The number of rotatable bonds is 10. The maximum Gasteiger partial charge on any atom is 0.341 e. The Morgan fingerprint density at radius 3 is 2.62 bits per heavy atom. The number of guanidine groups is 1. The molecule has 0 radical (unpaired) electrons. The van der Waals surface area contributed by atoms with Crippen molar-refractivity contribution in [3.05, 3.63) is 29.3 Å². The number of hydrogen-bond acceptors (Lipinski definition) is 5. The molecule has 1 aromatic carbocycles. The number of nitrogens with zero attached hydrogens (tertiary/aromatic N) is 1. The summed E-state index contributed by atoms with van der Waals surface area (Å²) in [7, 11) is 4.60. The molecule has 0 fully saturated rings. The van der Waals surface area contributed by atoms with Gasteiger partial charge in [0.05, 0.1) is 14.2 Å². The van der Waals surface area contributed by atoms with E-state index in [1.807, 2.05) is 6.07 Å². The third-order valence-corrected chi connectivity index (χ3v) is 3.56. The van der Waals surface area contributed by atoms with E-state index in [2.05, 4.69) is 29.5 Å². The van der Waals surface area contributed by atoms with Crippen molar-refractivity contribution in [1.82, 2.24) is 10.6 Å². The molecule has 0 aliphatic carbocycles. The summed E-state index contributed by atoms with van der Waals surface area (Å²) in [5, 5.41) is 6.46. The van der Waals surface area contributed by atoms with E-state index in [1.165, 1.54) is 14.2 Å². The first-order valence-corrected chi connectivity index (χ1v) is 8.79. The normalized spacial score (nSPS) is 11.4. The van der Waals surface area contributed by atoms with Crippen LogP contribution in [0.3, 0.4) is 0 Å². The molecule has 0 spiro atoms. The third-order valence-electron chi connectivity index (χ3n) is 3.56. The third kappa shape index (κ3) is 7.74. The van der Waals surface area contributed by atoms with Gasteiger partial charge in [-0.1, -0.05) is 19.9 Å². The first-order chi connectivity index (χ1) is 12.5. The average Bonchev–Trinajstić information content (AvgIpc) is 2.65. The van der Waals surface area contributed by atoms with Crippen LogP contribution in [0.5, 0.6) is 5.75 Å². The monoisotopic (exact) mass is 365 g/mol. The summed E-state index contributed by atoms with van der Waals surface area (Å²) in [5.41, 5.74) is 1.33. The molecular weight excluding hydrogens is 334 g/mol. The van der Waals surface area contributed by atoms with Crippen molar-refractivity contribution >= 4 is 11.9 Å². The number of nitrogens with one attached hydrogen (secondary N) is 2. The number of methoxy groups -OCH3 is 2. The lowest BCUT2D eigenvalue weighted by molar-refractivity contribution is 0.0597. The molecule has 0 saturated heterocycles. The standard InChI is InChI=1S/C19H31N3O4/c1-14(2)13-26-10-6-9-21-19(20-3)22-12-15-7-8-17(24-4)16(11-15)18(23)25-5/h7-8,11,14H,6,9-10,12-13H2,1-5H3,(H2,20,21,22). The average molecular weight is 365 g/mol. The van der Waals surface area contributed by atoms with E-state index in [-0.39, 0.29) is 0 Å². The minimum atomic E-state index is -0.424.